The SMILES string of the molecule is CCC(C)(CO)C/C=C(\C)C(=O)O. The average molecular weight is 186 g/mol. The van der Waals surface area contributed by atoms with Crippen molar-refractivity contribution in [3.63, 3.8) is 0 Å². The number of hydrogen-bond acceptors (Lipinski definition) is 2. The summed E-state index contributed by atoms with van der Waals surface area (Å²) in [5.41, 5.74) is 0.157. The maximum absolute atomic E-state index is 10.5. The Labute approximate surface area is 79.1 Å². The first-order valence-electron chi connectivity index (χ1n) is 4.46. The molecule has 0 aliphatic heterocycles. The molecule has 0 aliphatic rings. The van der Waals surface area contributed by atoms with Crippen molar-refractivity contribution < 1.29 is 15.0 Å². The second-order valence-corrected chi connectivity index (χ2v) is 3.72. The lowest BCUT2D eigenvalue weighted by Gasteiger charge is -2.23. The van der Waals surface area contributed by atoms with E-state index in [0.29, 0.717) is 12.0 Å². The summed E-state index contributed by atoms with van der Waals surface area (Å²) >= 11 is 0. The zero-order valence-corrected chi connectivity index (χ0v) is 8.50. The molecule has 0 saturated heterocycles. The molecule has 1 unspecified atom stereocenters. The van der Waals surface area contributed by atoms with Gasteiger partial charge in [0.15, 0.2) is 0 Å². The van der Waals surface area contributed by atoms with Gasteiger partial charge >= 0.3 is 5.97 Å². The second-order valence-electron chi connectivity index (χ2n) is 3.72. The fraction of sp³-hybridized carbons (Fsp3) is 0.700. The van der Waals surface area contributed by atoms with Crippen LogP contribution in [0.25, 0.3) is 0 Å². The quantitative estimate of drug-likeness (QED) is 0.644. The Hall–Kier alpha value is -0.830. The van der Waals surface area contributed by atoms with Crippen molar-refractivity contribution in [1.29, 1.82) is 0 Å². The summed E-state index contributed by atoms with van der Waals surface area (Å²) in [6.45, 7) is 5.58. The number of aliphatic hydroxyl groups excluding tert-OH is 1. The molecular formula is C10H18O3. The van der Waals surface area contributed by atoms with Gasteiger partial charge in [0.2, 0.25) is 0 Å². The lowest BCUT2D eigenvalue weighted by Crippen LogP contribution is -2.19. The van der Waals surface area contributed by atoms with E-state index in [9.17, 15) is 4.79 Å². The van der Waals surface area contributed by atoms with E-state index in [1.807, 2.05) is 13.8 Å². The monoisotopic (exact) mass is 186 g/mol. The molecule has 0 heterocycles. The van der Waals surface area contributed by atoms with Crippen LogP contribution in [0.3, 0.4) is 0 Å². The normalized spacial score (nSPS) is 16.8. The van der Waals surface area contributed by atoms with Gasteiger partial charge in [0.25, 0.3) is 0 Å². The van der Waals surface area contributed by atoms with Gasteiger partial charge in [-0.2, -0.15) is 0 Å². The molecule has 2 N–H and O–H groups in total. The molecule has 0 radical (unpaired) electrons. The first-order chi connectivity index (χ1) is 5.95. The maximum atomic E-state index is 10.5. The van der Waals surface area contributed by atoms with E-state index in [0.717, 1.165) is 6.42 Å². The van der Waals surface area contributed by atoms with Gasteiger partial charge in [-0.25, -0.2) is 4.79 Å². The van der Waals surface area contributed by atoms with Crippen molar-refractivity contribution in [2.45, 2.75) is 33.6 Å². The third kappa shape index (κ3) is 4.08. The van der Waals surface area contributed by atoms with Crippen LogP contribution in [0.15, 0.2) is 11.6 Å². The average Bonchev–Trinajstić information content (AvgIpc) is 2.13. The van der Waals surface area contributed by atoms with Crippen molar-refractivity contribution in [2.24, 2.45) is 5.41 Å². The molecule has 1 atom stereocenters. The van der Waals surface area contributed by atoms with Crippen LogP contribution < -0.4 is 0 Å². The second kappa shape index (κ2) is 5.02. The van der Waals surface area contributed by atoms with E-state index < -0.39 is 5.97 Å². The van der Waals surface area contributed by atoms with Crippen LogP contribution in [0.5, 0.6) is 0 Å². The Morgan fingerprint density at radius 3 is 2.38 bits per heavy atom. The predicted octanol–water partition coefficient (Wildman–Crippen LogP) is 1.82. The van der Waals surface area contributed by atoms with E-state index in [2.05, 4.69) is 0 Å². The molecule has 0 bridgehead atoms. The van der Waals surface area contributed by atoms with Gasteiger partial charge < -0.3 is 10.2 Å². The molecular weight excluding hydrogens is 168 g/mol. The smallest absolute Gasteiger partial charge is 0.330 e. The summed E-state index contributed by atoms with van der Waals surface area (Å²) in [5, 5.41) is 17.7. The number of carbonyl (C=O) groups is 1. The van der Waals surface area contributed by atoms with E-state index in [4.69, 9.17) is 10.2 Å². The van der Waals surface area contributed by atoms with Crippen LogP contribution in [-0.4, -0.2) is 22.8 Å². The van der Waals surface area contributed by atoms with Crippen molar-refractivity contribution in [2.75, 3.05) is 6.61 Å². The molecule has 0 spiro atoms. The van der Waals surface area contributed by atoms with Gasteiger partial charge in [0.05, 0.1) is 0 Å². The van der Waals surface area contributed by atoms with Gasteiger partial charge in [-0.05, 0) is 25.2 Å². The molecule has 13 heavy (non-hydrogen) atoms. The van der Waals surface area contributed by atoms with E-state index in [1.54, 1.807) is 13.0 Å². The molecule has 0 aromatic rings. The largest absolute Gasteiger partial charge is 0.478 e. The molecule has 76 valence electrons. The van der Waals surface area contributed by atoms with Crippen LogP contribution in [0, 0.1) is 5.41 Å². The Bertz CT molecular complexity index is 202. The van der Waals surface area contributed by atoms with Crippen molar-refractivity contribution in [3.05, 3.63) is 11.6 Å². The summed E-state index contributed by atoms with van der Waals surface area (Å²) < 4.78 is 0. The Morgan fingerprint density at radius 2 is 2.08 bits per heavy atom. The molecule has 0 fully saturated rings. The number of hydrogen-bond donors (Lipinski definition) is 2. The molecule has 0 saturated carbocycles. The topological polar surface area (TPSA) is 57.5 Å². The highest BCUT2D eigenvalue weighted by atomic mass is 16.4. The van der Waals surface area contributed by atoms with Crippen LogP contribution in [0.4, 0.5) is 0 Å². The molecule has 0 aromatic carbocycles. The fourth-order valence-electron chi connectivity index (χ4n) is 0.807. The highest BCUT2D eigenvalue weighted by molar-refractivity contribution is 5.85. The lowest BCUT2D eigenvalue weighted by molar-refractivity contribution is -0.132. The number of rotatable bonds is 5. The van der Waals surface area contributed by atoms with E-state index >= 15 is 0 Å². The van der Waals surface area contributed by atoms with Crippen molar-refractivity contribution >= 4 is 5.97 Å². The molecule has 0 aromatic heterocycles. The van der Waals surface area contributed by atoms with Gasteiger partial charge in [0.1, 0.15) is 0 Å². The van der Waals surface area contributed by atoms with Crippen molar-refractivity contribution in [3.8, 4) is 0 Å². The number of carboxylic acid groups (broad SMARTS) is 1. The minimum atomic E-state index is -0.892. The van der Waals surface area contributed by atoms with Gasteiger partial charge in [-0.1, -0.05) is 19.9 Å². The molecule has 3 heteroatoms. The van der Waals surface area contributed by atoms with Gasteiger partial charge in [-0.3, -0.25) is 0 Å². The molecule has 0 aliphatic carbocycles. The Kier molecular flexibility index (Phi) is 4.70. The zero-order chi connectivity index (χ0) is 10.5. The summed E-state index contributed by atoms with van der Waals surface area (Å²) in [7, 11) is 0. The molecule has 0 rings (SSSR count). The predicted molar refractivity (Wildman–Crippen MR) is 51.5 cm³/mol. The summed E-state index contributed by atoms with van der Waals surface area (Å²) in [6, 6.07) is 0. The first-order valence-corrected chi connectivity index (χ1v) is 4.46. The maximum Gasteiger partial charge on any atom is 0.330 e. The molecule has 0 amide bonds. The van der Waals surface area contributed by atoms with Crippen LogP contribution in [0.1, 0.15) is 33.6 Å². The highest BCUT2D eigenvalue weighted by Gasteiger charge is 2.19. The zero-order valence-electron chi connectivity index (χ0n) is 8.50. The third-order valence-corrected chi connectivity index (χ3v) is 2.47. The van der Waals surface area contributed by atoms with Crippen LogP contribution in [0.2, 0.25) is 0 Å². The standard InChI is InChI=1S/C10H18O3/c1-4-10(3,7-11)6-5-8(2)9(12)13/h5,11H,4,6-7H2,1-3H3,(H,12,13)/b8-5+. The number of aliphatic hydroxyl groups is 1. The summed E-state index contributed by atoms with van der Waals surface area (Å²) in [4.78, 5) is 10.5. The number of allylic oxidation sites excluding steroid dienone is 1. The minimum absolute atomic E-state index is 0.0902. The molecule has 3 nitrogen and oxygen atoms in total. The van der Waals surface area contributed by atoms with Crippen LogP contribution >= 0.6 is 0 Å². The lowest BCUT2D eigenvalue weighted by atomic mass is 9.84. The summed E-state index contributed by atoms with van der Waals surface area (Å²) in [5.74, 6) is -0.892. The van der Waals surface area contributed by atoms with E-state index in [1.165, 1.54) is 0 Å². The Balaban J connectivity index is 4.28. The Morgan fingerprint density at radius 1 is 1.54 bits per heavy atom. The van der Waals surface area contributed by atoms with Crippen LogP contribution in [-0.2, 0) is 4.79 Å². The third-order valence-electron chi connectivity index (χ3n) is 2.47. The first kappa shape index (κ1) is 12.2. The highest BCUT2D eigenvalue weighted by Crippen LogP contribution is 2.25. The minimum Gasteiger partial charge on any atom is -0.478 e. The summed E-state index contributed by atoms with van der Waals surface area (Å²) in [6.07, 6.45) is 3.12. The van der Waals surface area contributed by atoms with Crippen molar-refractivity contribution in [1.82, 2.24) is 0 Å². The fourth-order valence-corrected chi connectivity index (χ4v) is 0.807. The van der Waals surface area contributed by atoms with E-state index in [-0.39, 0.29) is 12.0 Å². The number of aliphatic carboxylic acids is 1. The number of carboxylic acids is 1. The van der Waals surface area contributed by atoms with Gasteiger partial charge in [0, 0.05) is 12.2 Å². The van der Waals surface area contributed by atoms with Gasteiger partial charge in [-0.15, -0.1) is 0 Å².